The van der Waals surface area contributed by atoms with Crippen LogP contribution in [0.15, 0.2) is 28.5 Å². The first-order valence-electron chi connectivity index (χ1n) is 5.99. The summed E-state index contributed by atoms with van der Waals surface area (Å²) in [4.78, 5) is 16.1. The second-order valence-corrected chi connectivity index (χ2v) is 4.28. The summed E-state index contributed by atoms with van der Waals surface area (Å²) in [5, 5.41) is 2.85. The number of hydrogen-bond acceptors (Lipinski definition) is 2. The van der Waals surface area contributed by atoms with Crippen LogP contribution in [-0.2, 0) is 4.79 Å². The monoisotopic (exact) mass is 228 g/mol. The van der Waals surface area contributed by atoms with E-state index in [1.54, 1.807) is 6.21 Å². The van der Waals surface area contributed by atoms with Gasteiger partial charge in [0.05, 0.1) is 5.92 Å². The zero-order valence-corrected chi connectivity index (χ0v) is 9.78. The Balaban J connectivity index is 1.99. The van der Waals surface area contributed by atoms with Gasteiger partial charge >= 0.3 is 0 Å². The van der Waals surface area contributed by atoms with Gasteiger partial charge < -0.3 is 5.32 Å². The summed E-state index contributed by atoms with van der Waals surface area (Å²) in [7, 11) is 0. The molecule has 1 amide bonds. The summed E-state index contributed by atoms with van der Waals surface area (Å²) in [6, 6.07) is 0. The Kier molecular flexibility index (Phi) is 3.77. The SMILES string of the molecule is C#CCCCCC1C(=O)NC2=C1CC=CC=N2. The van der Waals surface area contributed by atoms with E-state index in [4.69, 9.17) is 6.42 Å². The van der Waals surface area contributed by atoms with Gasteiger partial charge in [-0.25, -0.2) is 4.99 Å². The van der Waals surface area contributed by atoms with E-state index < -0.39 is 0 Å². The lowest BCUT2D eigenvalue weighted by atomic mass is 9.92. The van der Waals surface area contributed by atoms with E-state index >= 15 is 0 Å². The molecule has 0 saturated heterocycles. The van der Waals surface area contributed by atoms with Crippen molar-refractivity contribution in [2.24, 2.45) is 10.9 Å². The molecule has 1 N–H and O–H groups in total. The first-order valence-corrected chi connectivity index (χ1v) is 5.99. The number of allylic oxidation sites excluding steroid dienone is 2. The van der Waals surface area contributed by atoms with Crippen molar-refractivity contribution in [1.29, 1.82) is 0 Å². The van der Waals surface area contributed by atoms with E-state index in [9.17, 15) is 4.79 Å². The van der Waals surface area contributed by atoms with Gasteiger partial charge in [0.2, 0.25) is 5.91 Å². The molecule has 0 aliphatic carbocycles. The van der Waals surface area contributed by atoms with Crippen LogP contribution in [0.25, 0.3) is 0 Å². The fourth-order valence-electron chi connectivity index (χ4n) is 2.22. The van der Waals surface area contributed by atoms with Crippen LogP contribution < -0.4 is 5.32 Å². The largest absolute Gasteiger partial charge is 0.310 e. The standard InChI is InChI=1S/C14H16N2O/c1-2-3-4-5-9-12-11-8-6-7-10-15-13(11)16-14(12)17/h1,6-7,10,12H,3-5,8-9H2,(H,16,17). The summed E-state index contributed by atoms with van der Waals surface area (Å²) in [5.41, 5.74) is 1.13. The molecule has 0 bridgehead atoms. The van der Waals surface area contributed by atoms with Gasteiger partial charge in [0.25, 0.3) is 0 Å². The first-order chi connectivity index (χ1) is 8.33. The van der Waals surface area contributed by atoms with Crippen LogP contribution in [-0.4, -0.2) is 12.1 Å². The highest BCUT2D eigenvalue weighted by Crippen LogP contribution is 2.30. The summed E-state index contributed by atoms with van der Waals surface area (Å²) in [5.74, 6) is 3.45. The number of nitrogens with one attached hydrogen (secondary N) is 1. The Bertz CT molecular complexity index is 438. The maximum atomic E-state index is 11.8. The predicted molar refractivity (Wildman–Crippen MR) is 68.2 cm³/mol. The molecule has 0 aromatic rings. The van der Waals surface area contributed by atoms with Crippen LogP contribution in [0.4, 0.5) is 0 Å². The molecule has 1 unspecified atom stereocenters. The molecule has 3 heteroatoms. The molecule has 2 aliphatic heterocycles. The van der Waals surface area contributed by atoms with E-state index in [0.29, 0.717) is 0 Å². The number of amides is 1. The molecular formula is C14H16N2O. The van der Waals surface area contributed by atoms with Gasteiger partial charge in [-0.2, -0.15) is 0 Å². The van der Waals surface area contributed by atoms with Gasteiger partial charge in [0.1, 0.15) is 5.82 Å². The second-order valence-electron chi connectivity index (χ2n) is 4.28. The average molecular weight is 228 g/mol. The van der Waals surface area contributed by atoms with E-state index in [0.717, 1.165) is 43.5 Å². The maximum absolute atomic E-state index is 11.8. The zero-order valence-electron chi connectivity index (χ0n) is 9.78. The van der Waals surface area contributed by atoms with Gasteiger partial charge in [-0.15, -0.1) is 12.3 Å². The van der Waals surface area contributed by atoms with Crippen molar-refractivity contribution in [3.8, 4) is 12.3 Å². The van der Waals surface area contributed by atoms with Crippen molar-refractivity contribution in [3.05, 3.63) is 23.5 Å². The van der Waals surface area contributed by atoms with Crippen molar-refractivity contribution in [2.75, 3.05) is 0 Å². The summed E-state index contributed by atoms with van der Waals surface area (Å²) in [6.45, 7) is 0. The predicted octanol–water partition coefficient (Wildman–Crippen LogP) is 2.17. The van der Waals surface area contributed by atoms with E-state index in [-0.39, 0.29) is 11.8 Å². The van der Waals surface area contributed by atoms with Crippen LogP contribution in [0.3, 0.4) is 0 Å². The number of terminal acetylenes is 1. The highest BCUT2D eigenvalue weighted by molar-refractivity contribution is 5.88. The van der Waals surface area contributed by atoms with E-state index in [1.807, 2.05) is 12.2 Å². The highest BCUT2D eigenvalue weighted by atomic mass is 16.2. The van der Waals surface area contributed by atoms with E-state index in [2.05, 4.69) is 16.2 Å². The molecule has 0 radical (unpaired) electrons. The third-order valence-electron chi connectivity index (χ3n) is 3.11. The molecule has 0 fully saturated rings. The third kappa shape index (κ3) is 2.65. The number of nitrogens with zero attached hydrogens (tertiary/aromatic N) is 1. The smallest absolute Gasteiger partial charge is 0.232 e. The lowest BCUT2D eigenvalue weighted by molar-refractivity contribution is -0.122. The molecule has 3 nitrogen and oxygen atoms in total. The topological polar surface area (TPSA) is 41.5 Å². The molecule has 1 atom stereocenters. The van der Waals surface area contributed by atoms with Crippen LogP contribution in [0.2, 0.25) is 0 Å². The number of rotatable bonds is 4. The van der Waals surface area contributed by atoms with Gasteiger partial charge in [-0.05, 0) is 30.9 Å². The number of aliphatic imine (C=N–C) groups is 1. The van der Waals surface area contributed by atoms with Crippen molar-refractivity contribution < 1.29 is 4.79 Å². The minimum Gasteiger partial charge on any atom is -0.310 e. The molecule has 2 rings (SSSR count). The first kappa shape index (κ1) is 11.7. The second kappa shape index (κ2) is 5.49. The normalized spacial score (nSPS) is 22.1. The molecule has 17 heavy (non-hydrogen) atoms. The summed E-state index contributed by atoms with van der Waals surface area (Å²) >= 11 is 0. The fraction of sp³-hybridized carbons (Fsp3) is 0.429. The highest BCUT2D eigenvalue weighted by Gasteiger charge is 2.31. The Morgan fingerprint density at radius 2 is 2.41 bits per heavy atom. The fourth-order valence-corrected chi connectivity index (χ4v) is 2.22. The molecule has 0 spiro atoms. The Hall–Kier alpha value is -1.82. The van der Waals surface area contributed by atoms with Crippen LogP contribution in [0, 0.1) is 18.3 Å². The molecule has 2 aliphatic rings. The molecule has 88 valence electrons. The van der Waals surface area contributed by atoms with Gasteiger partial charge in [0.15, 0.2) is 0 Å². The molecule has 0 aromatic carbocycles. The Morgan fingerprint density at radius 3 is 3.24 bits per heavy atom. The van der Waals surface area contributed by atoms with E-state index in [1.165, 1.54) is 0 Å². The average Bonchev–Trinajstić information content (AvgIpc) is 2.51. The summed E-state index contributed by atoms with van der Waals surface area (Å²) in [6.07, 6.45) is 15.3. The van der Waals surface area contributed by atoms with Gasteiger partial charge in [-0.1, -0.05) is 12.5 Å². The van der Waals surface area contributed by atoms with Crippen LogP contribution in [0.5, 0.6) is 0 Å². The van der Waals surface area contributed by atoms with Crippen molar-refractivity contribution >= 4 is 12.1 Å². The number of carbonyl (C=O) groups excluding carboxylic acids is 1. The molecule has 2 heterocycles. The number of unbranched alkanes of at least 4 members (excludes halogenated alkanes) is 2. The van der Waals surface area contributed by atoms with Crippen LogP contribution >= 0.6 is 0 Å². The molecule has 0 aromatic heterocycles. The van der Waals surface area contributed by atoms with Crippen LogP contribution in [0.1, 0.15) is 32.1 Å². The van der Waals surface area contributed by atoms with Crippen molar-refractivity contribution in [3.63, 3.8) is 0 Å². The lowest BCUT2D eigenvalue weighted by Gasteiger charge is -2.09. The van der Waals surface area contributed by atoms with Gasteiger partial charge in [0, 0.05) is 12.6 Å². The maximum Gasteiger partial charge on any atom is 0.232 e. The van der Waals surface area contributed by atoms with Crippen molar-refractivity contribution in [2.45, 2.75) is 32.1 Å². The minimum atomic E-state index is -0.0114. The zero-order chi connectivity index (χ0) is 12.1. The number of carbonyl (C=O) groups is 1. The molecular weight excluding hydrogens is 212 g/mol. The molecule has 0 saturated carbocycles. The Morgan fingerprint density at radius 1 is 1.53 bits per heavy atom. The van der Waals surface area contributed by atoms with Gasteiger partial charge in [-0.3, -0.25) is 4.79 Å². The van der Waals surface area contributed by atoms with Crippen molar-refractivity contribution in [1.82, 2.24) is 5.32 Å². The Labute approximate surface area is 102 Å². The quantitative estimate of drug-likeness (QED) is 0.581. The number of hydrogen-bond donors (Lipinski definition) is 1. The summed E-state index contributed by atoms with van der Waals surface area (Å²) < 4.78 is 0. The third-order valence-corrected chi connectivity index (χ3v) is 3.11. The minimum absolute atomic E-state index is 0.0114. The lowest BCUT2D eigenvalue weighted by Crippen LogP contribution is -2.21.